The molecule has 0 fully saturated rings. The Labute approximate surface area is 52.3 Å². The van der Waals surface area contributed by atoms with Crippen LogP contribution in [0.15, 0.2) is 12.4 Å². The molecule has 0 amide bonds. The minimum atomic E-state index is -0.0995. The lowest BCUT2D eigenvalue weighted by molar-refractivity contribution is 0.604. The van der Waals surface area contributed by atoms with Crippen molar-refractivity contribution in [2.24, 2.45) is 0 Å². The van der Waals surface area contributed by atoms with Crippen molar-refractivity contribution in [2.45, 2.75) is 12.4 Å². The van der Waals surface area contributed by atoms with Crippen molar-refractivity contribution in [1.82, 2.24) is 15.0 Å². The second-order valence-corrected chi connectivity index (χ2v) is 2.09. The Balaban J connectivity index is 2.77. The SMILES string of the molecule is CC(Cl)n1ccnn1. The van der Waals surface area contributed by atoms with E-state index in [1.54, 1.807) is 17.1 Å². The maximum Gasteiger partial charge on any atom is 0.124 e. The van der Waals surface area contributed by atoms with E-state index in [9.17, 15) is 0 Å². The molecule has 0 radical (unpaired) electrons. The summed E-state index contributed by atoms with van der Waals surface area (Å²) in [5.41, 5.74) is -0.0995. The third-order valence-corrected chi connectivity index (χ3v) is 1.01. The second kappa shape index (κ2) is 2.13. The number of rotatable bonds is 1. The number of aromatic nitrogens is 3. The van der Waals surface area contributed by atoms with E-state index in [4.69, 9.17) is 11.6 Å². The molecule has 0 aliphatic rings. The number of nitrogens with zero attached hydrogens (tertiary/aromatic N) is 3. The van der Waals surface area contributed by atoms with E-state index in [2.05, 4.69) is 10.3 Å². The van der Waals surface area contributed by atoms with Crippen LogP contribution in [0.2, 0.25) is 0 Å². The average molecular weight is 132 g/mol. The molecular formula is C4H6ClN3. The number of alkyl halides is 1. The largest absolute Gasteiger partial charge is 0.235 e. The van der Waals surface area contributed by atoms with Gasteiger partial charge in [0.25, 0.3) is 0 Å². The van der Waals surface area contributed by atoms with Crippen molar-refractivity contribution < 1.29 is 0 Å². The van der Waals surface area contributed by atoms with Crippen LogP contribution in [0.4, 0.5) is 0 Å². The highest BCUT2D eigenvalue weighted by atomic mass is 35.5. The molecule has 4 heteroatoms. The van der Waals surface area contributed by atoms with E-state index in [0.717, 1.165) is 0 Å². The van der Waals surface area contributed by atoms with Gasteiger partial charge in [-0.2, -0.15) is 0 Å². The minimum absolute atomic E-state index is 0.0995. The maximum absolute atomic E-state index is 5.60. The molecule has 0 aliphatic heterocycles. The first-order valence-electron chi connectivity index (χ1n) is 2.30. The molecule has 0 bridgehead atoms. The molecule has 1 heterocycles. The second-order valence-electron chi connectivity index (χ2n) is 1.46. The maximum atomic E-state index is 5.60. The van der Waals surface area contributed by atoms with Gasteiger partial charge >= 0.3 is 0 Å². The fourth-order valence-electron chi connectivity index (χ4n) is 0.407. The van der Waals surface area contributed by atoms with Gasteiger partial charge < -0.3 is 0 Å². The summed E-state index contributed by atoms with van der Waals surface area (Å²) >= 11 is 5.60. The predicted octanol–water partition coefficient (Wildman–Crippen LogP) is 1.04. The summed E-state index contributed by atoms with van der Waals surface area (Å²) < 4.78 is 1.57. The molecule has 1 unspecified atom stereocenters. The van der Waals surface area contributed by atoms with E-state index < -0.39 is 0 Å². The van der Waals surface area contributed by atoms with Crippen LogP contribution < -0.4 is 0 Å². The lowest BCUT2D eigenvalue weighted by atomic mass is 10.7. The molecule has 0 N–H and O–H groups in total. The highest BCUT2D eigenvalue weighted by Crippen LogP contribution is 2.05. The van der Waals surface area contributed by atoms with Crippen molar-refractivity contribution >= 4 is 11.6 Å². The number of hydrogen-bond acceptors (Lipinski definition) is 2. The van der Waals surface area contributed by atoms with Gasteiger partial charge in [-0.15, -0.1) is 5.10 Å². The van der Waals surface area contributed by atoms with Crippen molar-refractivity contribution in [3.8, 4) is 0 Å². The Hall–Kier alpha value is -0.570. The van der Waals surface area contributed by atoms with Gasteiger partial charge in [0.05, 0.1) is 6.20 Å². The molecule has 1 aromatic heterocycles. The summed E-state index contributed by atoms with van der Waals surface area (Å²) in [5.74, 6) is 0. The third kappa shape index (κ3) is 0.980. The number of halogens is 1. The van der Waals surface area contributed by atoms with Gasteiger partial charge in [0.2, 0.25) is 0 Å². The molecule has 0 aromatic carbocycles. The van der Waals surface area contributed by atoms with Crippen LogP contribution in [0.3, 0.4) is 0 Å². The molecule has 1 aromatic rings. The summed E-state index contributed by atoms with van der Waals surface area (Å²) in [6.45, 7) is 1.83. The molecule has 3 nitrogen and oxygen atoms in total. The first-order valence-corrected chi connectivity index (χ1v) is 2.74. The van der Waals surface area contributed by atoms with Gasteiger partial charge in [-0.05, 0) is 6.92 Å². The summed E-state index contributed by atoms with van der Waals surface area (Å²) in [7, 11) is 0. The highest BCUT2D eigenvalue weighted by Gasteiger charge is 1.95. The lowest BCUT2D eigenvalue weighted by Gasteiger charge is -1.97. The fourth-order valence-corrected chi connectivity index (χ4v) is 0.511. The highest BCUT2D eigenvalue weighted by molar-refractivity contribution is 6.18. The van der Waals surface area contributed by atoms with Gasteiger partial charge in [-0.3, -0.25) is 0 Å². The monoisotopic (exact) mass is 131 g/mol. The van der Waals surface area contributed by atoms with Crippen molar-refractivity contribution in [3.63, 3.8) is 0 Å². The van der Waals surface area contributed by atoms with Gasteiger partial charge in [0.15, 0.2) is 0 Å². The first kappa shape index (κ1) is 5.56. The number of hydrogen-bond donors (Lipinski definition) is 0. The van der Waals surface area contributed by atoms with Gasteiger partial charge in [0.1, 0.15) is 5.50 Å². The smallest absolute Gasteiger partial charge is 0.124 e. The van der Waals surface area contributed by atoms with Crippen LogP contribution in [-0.2, 0) is 0 Å². The van der Waals surface area contributed by atoms with Crippen LogP contribution >= 0.6 is 11.6 Å². The van der Waals surface area contributed by atoms with E-state index in [0.29, 0.717) is 0 Å². The Morgan fingerprint density at radius 2 is 2.50 bits per heavy atom. The van der Waals surface area contributed by atoms with Gasteiger partial charge in [-0.25, -0.2) is 4.68 Å². The van der Waals surface area contributed by atoms with Crippen molar-refractivity contribution in [1.29, 1.82) is 0 Å². The molecule has 1 rings (SSSR count). The van der Waals surface area contributed by atoms with Gasteiger partial charge in [-0.1, -0.05) is 16.8 Å². The molecule has 0 saturated carbocycles. The normalized spacial score (nSPS) is 13.8. The van der Waals surface area contributed by atoms with Crippen LogP contribution in [0.25, 0.3) is 0 Å². The van der Waals surface area contributed by atoms with E-state index in [-0.39, 0.29) is 5.50 Å². The third-order valence-electron chi connectivity index (χ3n) is 0.806. The van der Waals surface area contributed by atoms with Crippen LogP contribution in [0, 0.1) is 0 Å². The van der Waals surface area contributed by atoms with E-state index >= 15 is 0 Å². The van der Waals surface area contributed by atoms with E-state index in [1.807, 2.05) is 6.92 Å². The Kier molecular flexibility index (Phi) is 1.48. The topological polar surface area (TPSA) is 30.7 Å². The average Bonchev–Trinajstić information content (AvgIpc) is 2.12. The molecular weight excluding hydrogens is 126 g/mol. The standard InChI is InChI=1S/C4H6ClN3/c1-4(5)8-3-2-6-7-8/h2-4H,1H3. The van der Waals surface area contributed by atoms with Crippen molar-refractivity contribution in [3.05, 3.63) is 12.4 Å². The lowest BCUT2D eigenvalue weighted by Crippen LogP contribution is -1.97. The Bertz CT molecular complexity index is 146. The molecule has 1 atom stereocenters. The molecule has 0 saturated heterocycles. The van der Waals surface area contributed by atoms with Gasteiger partial charge in [0, 0.05) is 6.20 Å². The zero-order valence-corrected chi connectivity index (χ0v) is 5.21. The predicted molar refractivity (Wildman–Crippen MR) is 30.6 cm³/mol. The van der Waals surface area contributed by atoms with Crippen LogP contribution in [-0.4, -0.2) is 15.0 Å². The fraction of sp³-hybridized carbons (Fsp3) is 0.500. The zero-order valence-electron chi connectivity index (χ0n) is 4.45. The Morgan fingerprint density at radius 1 is 1.75 bits per heavy atom. The molecule has 0 spiro atoms. The van der Waals surface area contributed by atoms with E-state index in [1.165, 1.54) is 0 Å². The summed E-state index contributed by atoms with van der Waals surface area (Å²) in [5, 5.41) is 7.22. The van der Waals surface area contributed by atoms with Crippen LogP contribution in [0.5, 0.6) is 0 Å². The zero-order chi connectivity index (χ0) is 5.98. The van der Waals surface area contributed by atoms with Crippen LogP contribution in [0.1, 0.15) is 12.4 Å². The summed E-state index contributed by atoms with van der Waals surface area (Å²) in [6, 6.07) is 0. The summed E-state index contributed by atoms with van der Waals surface area (Å²) in [6.07, 6.45) is 3.32. The Morgan fingerprint density at radius 3 is 2.75 bits per heavy atom. The summed E-state index contributed by atoms with van der Waals surface area (Å²) in [4.78, 5) is 0. The minimum Gasteiger partial charge on any atom is -0.235 e. The first-order chi connectivity index (χ1) is 3.80. The molecule has 0 aliphatic carbocycles. The molecule has 8 heavy (non-hydrogen) atoms. The van der Waals surface area contributed by atoms with Crippen molar-refractivity contribution in [2.75, 3.05) is 0 Å². The quantitative estimate of drug-likeness (QED) is 0.533. The molecule has 44 valence electrons.